The van der Waals surface area contributed by atoms with Crippen molar-refractivity contribution < 1.29 is 5.11 Å². The zero-order valence-electron chi connectivity index (χ0n) is 11.5. The van der Waals surface area contributed by atoms with Crippen LogP contribution in [-0.4, -0.2) is 52.5 Å². The van der Waals surface area contributed by atoms with E-state index in [2.05, 4.69) is 34.3 Å². The molecule has 0 aliphatic heterocycles. The van der Waals surface area contributed by atoms with Crippen molar-refractivity contribution in [2.75, 3.05) is 31.6 Å². The van der Waals surface area contributed by atoms with Crippen LogP contribution in [-0.2, 0) is 0 Å². The molecule has 0 saturated carbocycles. The molecule has 0 aromatic carbocycles. The lowest BCUT2D eigenvalue weighted by atomic mass is 10.2. The smallest absolute Gasteiger partial charge is 0.163 e. The van der Waals surface area contributed by atoms with Gasteiger partial charge in [-0.15, -0.1) is 10.2 Å². The van der Waals surface area contributed by atoms with Gasteiger partial charge in [0.15, 0.2) is 5.69 Å². The zero-order valence-corrected chi connectivity index (χ0v) is 11.5. The summed E-state index contributed by atoms with van der Waals surface area (Å²) >= 11 is 0. The lowest BCUT2D eigenvalue weighted by Gasteiger charge is -2.22. The van der Waals surface area contributed by atoms with E-state index in [1.807, 2.05) is 6.07 Å². The summed E-state index contributed by atoms with van der Waals surface area (Å²) in [5.41, 5.74) is 0.286. The molecule has 1 rings (SSSR count). The van der Waals surface area contributed by atoms with E-state index in [0.717, 1.165) is 26.1 Å². The zero-order chi connectivity index (χ0) is 14.1. The second-order valence-electron chi connectivity index (χ2n) is 4.26. The number of anilines is 1. The first-order valence-corrected chi connectivity index (χ1v) is 6.57. The Kier molecular flexibility index (Phi) is 6.79. The number of aliphatic hydroxyl groups excluding tert-OH is 1. The van der Waals surface area contributed by atoms with Crippen molar-refractivity contribution in [3.05, 3.63) is 17.8 Å². The first-order chi connectivity index (χ1) is 9.23. The number of rotatable bonds is 8. The van der Waals surface area contributed by atoms with Crippen molar-refractivity contribution in [3.63, 3.8) is 0 Å². The number of nitriles is 1. The minimum atomic E-state index is -0.0529. The van der Waals surface area contributed by atoms with E-state index in [1.54, 1.807) is 12.1 Å². The van der Waals surface area contributed by atoms with E-state index < -0.39 is 0 Å². The quantitative estimate of drug-likeness (QED) is 0.723. The predicted octanol–water partition coefficient (Wildman–Crippen LogP) is 0.853. The lowest BCUT2D eigenvalue weighted by Crippen LogP contribution is -2.32. The molecule has 0 spiro atoms. The highest BCUT2D eigenvalue weighted by atomic mass is 16.3. The molecule has 0 aliphatic rings. The Bertz CT molecular complexity index is 396. The maximum atomic E-state index is 9.36. The molecular formula is C13H21N5O. The molecule has 0 radical (unpaired) electrons. The van der Waals surface area contributed by atoms with E-state index in [0.29, 0.717) is 5.82 Å². The summed E-state index contributed by atoms with van der Waals surface area (Å²) in [5, 5.41) is 28.8. The molecule has 0 saturated heterocycles. The highest BCUT2D eigenvalue weighted by Gasteiger charge is 2.10. The minimum absolute atomic E-state index is 0.0446. The average Bonchev–Trinajstić information content (AvgIpc) is 2.47. The van der Waals surface area contributed by atoms with Crippen molar-refractivity contribution in [1.82, 2.24) is 15.1 Å². The predicted molar refractivity (Wildman–Crippen MR) is 73.6 cm³/mol. The highest BCUT2D eigenvalue weighted by Crippen LogP contribution is 2.06. The molecule has 2 N–H and O–H groups in total. The van der Waals surface area contributed by atoms with Crippen LogP contribution in [0.15, 0.2) is 12.1 Å². The van der Waals surface area contributed by atoms with Crippen LogP contribution in [0.2, 0.25) is 0 Å². The molecule has 0 aliphatic carbocycles. The van der Waals surface area contributed by atoms with Gasteiger partial charge in [-0.2, -0.15) is 5.26 Å². The normalized spacial score (nSPS) is 12.2. The number of hydrogen-bond donors (Lipinski definition) is 2. The second kappa shape index (κ2) is 8.40. The monoisotopic (exact) mass is 263 g/mol. The van der Waals surface area contributed by atoms with Gasteiger partial charge in [0.2, 0.25) is 0 Å². The van der Waals surface area contributed by atoms with Crippen LogP contribution in [0.5, 0.6) is 0 Å². The third-order valence-corrected chi connectivity index (χ3v) is 3.04. The van der Waals surface area contributed by atoms with Crippen molar-refractivity contribution >= 4 is 5.82 Å². The molecule has 1 atom stereocenters. The van der Waals surface area contributed by atoms with E-state index in [-0.39, 0.29) is 18.3 Å². The molecule has 6 heteroatoms. The van der Waals surface area contributed by atoms with Crippen LogP contribution in [0.3, 0.4) is 0 Å². The maximum absolute atomic E-state index is 9.36. The Morgan fingerprint density at radius 2 is 2.11 bits per heavy atom. The number of aliphatic hydroxyl groups is 1. The molecule has 1 aromatic heterocycles. The van der Waals surface area contributed by atoms with Crippen LogP contribution in [0.25, 0.3) is 0 Å². The average molecular weight is 263 g/mol. The van der Waals surface area contributed by atoms with Crippen LogP contribution in [0.1, 0.15) is 26.0 Å². The third kappa shape index (κ3) is 5.20. The Morgan fingerprint density at radius 1 is 1.37 bits per heavy atom. The van der Waals surface area contributed by atoms with Gasteiger partial charge in [0.05, 0.1) is 12.6 Å². The van der Waals surface area contributed by atoms with Crippen LogP contribution >= 0.6 is 0 Å². The Hall–Kier alpha value is -1.71. The van der Waals surface area contributed by atoms with Gasteiger partial charge in [-0.3, -0.25) is 0 Å². The molecule has 6 nitrogen and oxygen atoms in total. The van der Waals surface area contributed by atoms with E-state index >= 15 is 0 Å². The lowest BCUT2D eigenvalue weighted by molar-refractivity contribution is 0.240. The first-order valence-electron chi connectivity index (χ1n) is 6.57. The first kappa shape index (κ1) is 15.3. The molecule has 0 fully saturated rings. The van der Waals surface area contributed by atoms with Gasteiger partial charge >= 0.3 is 0 Å². The summed E-state index contributed by atoms with van der Waals surface area (Å²) in [6, 6.07) is 5.17. The van der Waals surface area contributed by atoms with Gasteiger partial charge in [-0.25, -0.2) is 0 Å². The number of nitrogens with one attached hydrogen (secondary N) is 1. The molecule has 0 unspecified atom stereocenters. The summed E-state index contributed by atoms with van der Waals surface area (Å²) in [4.78, 5) is 2.30. The maximum Gasteiger partial charge on any atom is 0.163 e. The topological polar surface area (TPSA) is 85.1 Å². The number of nitrogens with zero attached hydrogens (tertiary/aromatic N) is 4. The Morgan fingerprint density at radius 3 is 2.58 bits per heavy atom. The van der Waals surface area contributed by atoms with Gasteiger partial charge in [-0.05, 0) is 31.6 Å². The van der Waals surface area contributed by atoms with Crippen LogP contribution < -0.4 is 5.32 Å². The molecule has 0 bridgehead atoms. The van der Waals surface area contributed by atoms with Gasteiger partial charge in [0, 0.05) is 6.54 Å². The number of hydrogen-bond acceptors (Lipinski definition) is 6. The summed E-state index contributed by atoms with van der Waals surface area (Å²) in [5.74, 6) is 0.581. The standard InChI is InChI=1S/C13H21N5O/c1-3-18(4-2)8-7-12(10-19)15-13-6-5-11(9-14)16-17-13/h5-6,12,19H,3-4,7-8,10H2,1-2H3,(H,15,17)/t12-/m0/s1. The van der Waals surface area contributed by atoms with Gasteiger partial charge in [0.25, 0.3) is 0 Å². The van der Waals surface area contributed by atoms with Crippen molar-refractivity contribution in [3.8, 4) is 6.07 Å². The van der Waals surface area contributed by atoms with Crippen LogP contribution in [0.4, 0.5) is 5.82 Å². The van der Waals surface area contributed by atoms with E-state index in [4.69, 9.17) is 5.26 Å². The Balaban J connectivity index is 2.49. The van der Waals surface area contributed by atoms with E-state index in [1.165, 1.54) is 0 Å². The van der Waals surface area contributed by atoms with Crippen LogP contribution in [0, 0.1) is 11.3 Å². The van der Waals surface area contributed by atoms with Crippen molar-refractivity contribution in [2.45, 2.75) is 26.3 Å². The fraction of sp³-hybridized carbons (Fsp3) is 0.615. The fourth-order valence-corrected chi connectivity index (χ4v) is 1.77. The summed E-state index contributed by atoms with van der Waals surface area (Å²) in [7, 11) is 0. The third-order valence-electron chi connectivity index (χ3n) is 3.04. The largest absolute Gasteiger partial charge is 0.394 e. The van der Waals surface area contributed by atoms with Gasteiger partial charge in [-0.1, -0.05) is 13.8 Å². The molecule has 1 aromatic rings. The Labute approximate surface area is 114 Å². The molecular weight excluding hydrogens is 242 g/mol. The SMILES string of the molecule is CCN(CC)CC[C@@H](CO)Nc1ccc(C#N)nn1. The van der Waals surface area contributed by atoms with Crippen molar-refractivity contribution in [1.29, 1.82) is 5.26 Å². The second-order valence-corrected chi connectivity index (χ2v) is 4.26. The molecule has 19 heavy (non-hydrogen) atoms. The van der Waals surface area contributed by atoms with Crippen molar-refractivity contribution in [2.24, 2.45) is 0 Å². The fourth-order valence-electron chi connectivity index (χ4n) is 1.77. The molecule has 104 valence electrons. The van der Waals surface area contributed by atoms with Gasteiger partial charge in [0.1, 0.15) is 11.9 Å². The van der Waals surface area contributed by atoms with Gasteiger partial charge < -0.3 is 15.3 Å². The summed E-state index contributed by atoms with van der Waals surface area (Å²) in [6.07, 6.45) is 0.833. The van der Waals surface area contributed by atoms with E-state index in [9.17, 15) is 5.11 Å². The minimum Gasteiger partial charge on any atom is -0.394 e. The highest BCUT2D eigenvalue weighted by molar-refractivity contribution is 5.36. The molecule has 1 heterocycles. The summed E-state index contributed by atoms with van der Waals surface area (Å²) < 4.78 is 0. The molecule has 0 amide bonds. The summed E-state index contributed by atoms with van der Waals surface area (Å²) in [6.45, 7) is 7.22. The number of aromatic nitrogens is 2.